The Morgan fingerprint density at radius 3 is 2.70 bits per heavy atom. The van der Waals surface area contributed by atoms with Gasteiger partial charge in [-0.2, -0.15) is 9.65 Å². The molecule has 0 N–H and O–H groups in total. The number of alkyl halides is 1. The Morgan fingerprint density at radius 1 is 1.90 bits per heavy atom. The summed E-state index contributed by atoms with van der Waals surface area (Å²) in [6.07, 6.45) is 1.98. The van der Waals surface area contributed by atoms with Crippen LogP contribution in [0.4, 0.5) is 4.39 Å². The minimum Gasteiger partial charge on any atom is -0.294 e. The number of halogens is 1. The number of nitrogens with zero attached hydrogens (tertiary/aromatic N) is 2. The van der Waals surface area contributed by atoms with Gasteiger partial charge in [0.05, 0.1) is 0 Å². The zero-order valence-corrected chi connectivity index (χ0v) is 5.34. The van der Waals surface area contributed by atoms with Gasteiger partial charge in [-0.1, -0.05) is 0 Å². The summed E-state index contributed by atoms with van der Waals surface area (Å²) in [6.45, 7) is 0. The average molecular weight is 140 g/mol. The Balaban J connectivity index is 2.97. The Kier molecular flexibility index (Phi) is 1.22. The molecule has 0 aromatic carbocycles. The summed E-state index contributed by atoms with van der Waals surface area (Å²) in [4.78, 5) is 11.3. The molecule has 0 aromatic rings. The second-order valence-electron chi connectivity index (χ2n) is 2.02. The molecular weight excluding hydrogens is 135 g/mol. The third-order valence-corrected chi connectivity index (χ3v) is 1.42. The summed E-state index contributed by atoms with van der Waals surface area (Å²) < 4.78 is 12.9. The van der Waals surface area contributed by atoms with Crippen molar-refractivity contribution in [2.24, 2.45) is 0 Å². The molecule has 1 heterocycles. The van der Waals surface area contributed by atoms with Crippen LogP contribution in [0.2, 0.25) is 0 Å². The molecule has 1 rings (SSSR count). The van der Waals surface area contributed by atoms with Crippen molar-refractivity contribution in [2.45, 2.75) is 5.79 Å². The van der Waals surface area contributed by atoms with Crippen molar-refractivity contribution < 1.29 is 9.18 Å². The first-order valence-corrected chi connectivity index (χ1v) is 2.67. The molecule has 0 spiro atoms. The number of hydrogen-bond acceptors (Lipinski definition) is 2. The highest BCUT2D eigenvalue weighted by atomic mass is 19.1. The van der Waals surface area contributed by atoms with Gasteiger partial charge in [-0.05, 0) is 6.08 Å². The lowest BCUT2D eigenvalue weighted by atomic mass is 10.3. The van der Waals surface area contributed by atoms with E-state index in [4.69, 9.17) is 5.26 Å². The van der Waals surface area contributed by atoms with E-state index in [1.807, 2.05) is 0 Å². The van der Waals surface area contributed by atoms with Crippen molar-refractivity contribution in [2.75, 3.05) is 7.05 Å². The third kappa shape index (κ3) is 0.676. The van der Waals surface area contributed by atoms with Crippen molar-refractivity contribution >= 4 is 5.91 Å². The van der Waals surface area contributed by atoms with Crippen LogP contribution in [0.25, 0.3) is 0 Å². The molecule has 1 aliphatic rings. The third-order valence-electron chi connectivity index (χ3n) is 1.42. The van der Waals surface area contributed by atoms with Gasteiger partial charge in [-0.15, -0.1) is 0 Å². The normalized spacial score (nSPS) is 30.9. The van der Waals surface area contributed by atoms with Gasteiger partial charge in [0.1, 0.15) is 6.07 Å². The predicted molar refractivity (Wildman–Crippen MR) is 31.4 cm³/mol. The monoisotopic (exact) mass is 140 g/mol. The highest BCUT2D eigenvalue weighted by Crippen LogP contribution is 2.22. The Morgan fingerprint density at radius 2 is 2.50 bits per heavy atom. The molecule has 0 saturated heterocycles. The van der Waals surface area contributed by atoms with Crippen LogP contribution >= 0.6 is 0 Å². The predicted octanol–water partition coefficient (Wildman–Crippen LogP) is 0.204. The topological polar surface area (TPSA) is 44.1 Å². The minimum absolute atomic E-state index is 0.482. The molecule has 0 bridgehead atoms. The van der Waals surface area contributed by atoms with Crippen molar-refractivity contribution in [3.05, 3.63) is 12.2 Å². The number of carbonyl (C=O) groups excluding carboxylic acids is 1. The van der Waals surface area contributed by atoms with E-state index in [2.05, 4.69) is 0 Å². The van der Waals surface area contributed by atoms with Crippen LogP contribution in [0.3, 0.4) is 0 Å². The van der Waals surface area contributed by atoms with Gasteiger partial charge < -0.3 is 0 Å². The molecule has 52 valence electrons. The Labute approximate surface area is 57.3 Å². The van der Waals surface area contributed by atoms with Gasteiger partial charge in [0.15, 0.2) is 0 Å². The first-order chi connectivity index (χ1) is 4.60. The summed E-state index contributed by atoms with van der Waals surface area (Å²) in [7, 11) is 1.24. The smallest absolute Gasteiger partial charge is 0.291 e. The molecule has 1 amide bonds. The second kappa shape index (κ2) is 1.81. The quantitative estimate of drug-likeness (QED) is 0.451. The van der Waals surface area contributed by atoms with Crippen LogP contribution in [-0.2, 0) is 4.79 Å². The maximum Gasteiger partial charge on any atom is 0.291 e. The van der Waals surface area contributed by atoms with E-state index in [1.54, 1.807) is 0 Å². The Bertz CT molecular complexity index is 243. The highest BCUT2D eigenvalue weighted by molar-refractivity contribution is 5.91. The SMILES string of the molecule is CN1C(=O)C=CC1(F)C#N. The van der Waals surface area contributed by atoms with E-state index in [-0.39, 0.29) is 0 Å². The zero-order valence-electron chi connectivity index (χ0n) is 5.34. The van der Waals surface area contributed by atoms with Gasteiger partial charge in [0, 0.05) is 13.1 Å². The van der Waals surface area contributed by atoms with E-state index >= 15 is 0 Å². The number of carbonyl (C=O) groups is 1. The van der Waals surface area contributed by atoms with Gasteiger partial charge in [0.2, 0.25) is 5.91 Å². The molecule has 0 radical (unpaired) electrons. The second-order valence-corrected chi connectivity index (χ2v) is 2.02. The van der Waals surface area contributed by atoms with Crippen molar-refractivity contribution in [3.8, 4) is 6.07 Å². The van der Waals surface area contributed by atoms with Crippen LogP contribution < -0.4 is 0 Å². The summed E-state index contributed by atoms with van der Waals surface area (Å²) in [5.74, 6) is -2.71. The largest absolute Gasteiger partial charge is 0.294 e. The maximum absolute atomic E-state index is 12.9. The lowest BCUT2D eigenvalue weighted by Gasteiger charge is -2.18. The van der Waals surface area contributed by atoms with Crippen LogP contribution in [0.1, 0.15) is 0 Å². The first kappa shape index (κ1) is 6.75. The van der Waals surface area contributed by atoms with Gasteiger partial charge >= 0.3 is 0 Å². The molecule has 0 fully saturated rings. The maximum atomic E-state index is 12.9. The van der Waals surface area contributed by atoms with Crippen molar-refractivity contribution in [1.29, 1.82) is 5.26 Å². The molecule has 0 aromatic heterocycles. The van der Waals surface area contributed by atoms with Crippen LogP contribution in [0.5, 0.6) is 0 Å². The number of hydrogen-bond donors (Lipinski definition) is 0. The summed E-state index contributed by atoms with van der Waals surface area (Å²) in [6, 6.07) is 1.37. The average Bonchev–Trinajstić information content (AvgIpc) is 2.19. The zero-order chi connectivity index (χ0) is 7.78. The lowest BCUT2D eigenvalue weighted by Crippen LogP contribution is -2.38. The Hall–Kier alpha value is -1.37. The number of amides is 1. The highest BCUT2D eigenvalue weighted by Gasteiger charge is 2.38. The van der Waals surface area contributed by atoms with Crippen molar-refractivity contribution in [1.82, 2.24) is 4.90 Å². The molecule has 1 aliphatic heterocycles. The van der Waals surface area contributed by atoms with Crippen LogP contribution in [0, 0.1) is 11.3 Å². The van der Waals surface area contributed by atoms with Crippen molar-refractivity contribution in [3.63, 3.8) is 0 Å². The fourth-order valence-electron chi connectivity index (χ4n) is 0.678. The molecule has 0 aliphatic carbocycles. The fourth-order valence-corrected chi connectivity index (χ4v) is 0.678. The standard InChI is InChI=1S/C6H5FN2O/c1-9-5(10)2-3-6(9,7)4-8/h2-3H,1H3. The minimum atomic E-state index is -2.23. The van der Waals surface area contributed by atoms with E-state index in [9.17, 15) is 9.18 Å². The molecule has 0 saturated carbocycles. The summed E-state index contributed by atoms with van der Waals surface area (Å²) >= 11 is 0. The van der Waals surface area contributed by atoms with Gasteiger partial charge in [-0.3, -0.25) is 9.69 Å². The van der Waals surface area contributed by atoms with Crippen LogP contribution in [0.15, 0.2) is 12.2 Å². The molecule has 10 heavy (non-hydrogen) atoms. The number of nitriles is 1. The number of likely N-dealkylation sites (N-methyl/N-ethyl adjacent to an activating group) is 1. The summed E-state index contributed by atoms with van der Waals surface area (Å²) in [5, 5.41) is 8.24. The molecule has 1 atom stereocenters. The molecular formula is C6H5FN2O. The molecule has 1 unspecified atom stereocenters. The van der Waals surface area contributed by atoms with Gasteiger partial charge in [-0.25, -0.2) is 0 Å². The summed E-state index contributed by atoms with van der Waals surface area (Å²) in [5.41, 5.74) is 0. The van der Waals surface area contributed by atoms with E-state index in [1.165, 1.54) is 13.1 Å². The lowest BCUT2D eigenvalue weighted by molar-refractivity contribution is -0.128. The van der Waals surface area contributed by atoms with Gasteiger partial charge in [0.25, 0.3) is 5.79 Å². The first-order valence-electron chi connectivity index (χ1n) is 2.67. The van der Waals surface area contributed by atoms with E-state index in [0.717, 1.165) is 17.1 Å². The van der Waals surface area contributed by atoms with E-state index in [0.29, 0.717) is 0 Å². The number of rotatable bonds is 0. The van der Waals surface area contributed by atoms with Crippen LogP contribution in [-0.4, -0.2) is 23.6 Å². The molecule has 4 heteroatoms. The van der Waals surface area contributed by atoms with E-state index < -0.39 is 11.7 Å². The fraction of sp³-hybridized carbons (Fsp3) is 0.333. The molecule has 3 nitrogen and oxygen atoms in total.